The van der Waals surface area contributed by atoms with Crippen LogP contribution in [0.1, 0.15) is 15.9 Å². The van der Waals surface area contributed by atoms with E-state index in [4.69, 9.17) is 4.74 Å². The summed E-state index contributed by atoms with van der Waals surface area (Å²) in [7, 11) is 0. The van der Waals surface area contributed by atoms with Gasteiger partial charge >= 0.3 is 11.7 Å². The maximum absolute atomic E-state index is 12.8. The first-order valence-corrected chi connectivity index (χ1v) is 8.42. The lowest BCUT2D eigenvalue weighted by Gasteiger charge is -2.29. The highest BCUT2D eigenvalue weighted by Crippen LogP contribution is 2.32. The molecule has 0 fully saturated rings. The van der Waals surface area contributed by atoms with Crippen molar-refractivity contribution in [2.45, 2.75) is 5.72 Å². The molecule has 0 bridgehead atoms. The number of benzene rings is 2. The minimum atomic E-state index is -1.68. The Balaban J connectivity index is 1.90. The van der Waals surface area contributed by atoms with Crippen molar-refractivity contribution in [3.05, 3.63) is 102 Å². The van der Waals surface area contributed by atoms with Gasteiger partial charge < -0.3 is 4.74 Å². The third-order valence-corrected chi connectivity index (χ3v) is 4.35. The van der Waals surface area contributed by atoms with E-state index in [-0.39, 0.29) is 0 Å². The van der Waals surface area contributed by atoms with Gasteiger partial charge in [-0.1, -0.05) is 48.5 Å². The lowest BCUT2D eigenvalue weighted by molar-refractivity contribution is -0.00606. The number of hydrogen-bond donors (Lipinski definition) is 0. The van der Waals surface area contributed by atoms with Gasteiger partial charge in [-0.3, -0.25) is 4.57 Å². The Morgan fingerprint density at radius 1 is 0.963 bits per heavy atom. The van der Waals surface area contributed by atoms with Crippen LogP contribution in [0.5, 0.6) is 0 Å². The maximum atomic E-state index is 12.8. The van der Waals surface area contributed by atoms with Crippen LogP contribution in [0.4, 0.5) is 0 Å². The summed E-state index contributed by atoms with van der Waals surface area (Å²) in [6, 6.07) is 25.4. The van der Waals surface area contributed by atoms with Crippen LogP contribution in [0.2, 0.25) is 0 Å². The summed E-state index contributed by atoms with van der Waals surface area (Å²) in [4.78, 5) is 17.2. The van der Waals surface area contributed by atoms with Crippen molar-refractivity contribution >= 4 is 17.0 Å². The average molecular weight is 353 g/mol. The number of hydrogen-bond acceptors (Lipinski definition) is 4. The first-order valence-electron chi connectivity index (χ1n) is 8.42. The van der Waals surface area contributed by atoms with Gasteiger partial charge in [-0.2, -0.15) is 5.26 Å². The van der Waals surface area contributed by atoms with Gasteiger partial charge in [0.25, 0.3) is 0 Å². The number of pyridine rings is 1. The molecule has 4 aromatic rings. The molecule has 0 saturated carbocycles. The molecule has 27 heavy (non-hydrogen) atoms. The van der Waals surface area contributed by atoms with Crippen molar-refractivity contribution in [2.24, 2.45) is 0 Å². The summed E-state index contributed by atoms with van der Waals surface area (Å²) in [6.45, 7) is 0. The number of carbonyl (C=O) groups is 1. The van der Waals surface area contributed by atoms with E-state index in [0.717, 1.165) is 5.39 Å². The lowest BCUT2D eigenvalue weighted by atomic mass is 10.0. The van der Waals surface area contributed by atoms with Gasteiger partial charge in [0.2, 0.25) is 0 Å². The summed E-state index contributed by atoms with van der Waals surface area (Å²) >= 11 is 0. The number of nitrogens with zero attached hydrogens (tertiary/aromatic N) is 3. The second-order valence-electron chi connectivity index (χ2n) is 5.98. The van der Waals surface area contributed by atoms with Gasteiger partial charge in [0.15, 0.2) is 0 Å². The molecule has 1 atom stereocenters. The van der Waals surface area contributed by atoms with E-state index in [1.807, 2.05) is 30.3 Å². The molecule has 5 nitrogen and oxygen atoms in total. The fourth-order valence-electron chi connectivity index (χ4n) is 3.04. The Labute approximate surface area is 156 Å². The van der Waals surface area contributed by atoms with Gasteiger partial charge in [0, 0.05) is 23.3 Å². The van der Waals surface area contributed by atoms with Gasteiger partial charge in [0.1, 0.15) is 11.7 Å². The highest BCUT2D eigenvalue weighted by atomic mass is 16.6. The summed E-state index contributed by atoms with van der Waals surface area (Å²) in [5.41, 5.74) is -0.203. The number of esters is 1. The number of fused-ring (bicyclic) bond motifs is 1. The topological polar surface area (TPSA) is 67.9 Å². The Hall–Kier alpha value is -3.91. The minimum absolute atomic E-state index is 0.373. The molecule has 0 aliphatic rings. The molecule has 2 heterocycles. The van der Waals surface area contributed by atoms with Crippen LogP contribution in [0, 0.1) is 11.3 Å². The standard InChI is InChI=1S/C22H15N3O2/c23-16-22(19-11-5-2-6-12-19,27-21(26)18-8-3-1-4-9-18)25-15-13-17-10-7-14-24-20(17)25/h1-15H. The van der Waals surface area contributed by atoms with Crippen LogP contribution in [0.15, 0.2) is 91.3 Å². The molecule has 1 unspecified atom stereocenters. The van der Waals surface area contributed by atoms with Crippen LogP contribution < -0.4 is 0 Å². The third kappa shape index (κ3) is 2.83. The number of ether oxygens (including phenoxy) is 1. The highest BCUT2D eigenvalue weighted by Gasteiger charge is 2.40. The van der Waals surface area contributed by atoms with Crippen molar-refractivity contribution < 1.29 is 9.53 Å². The first kappa shape index (κ1) is 16.6. The van der Waals surface area contributed by atoms with E-state index in [9.17, 15) is 10.1 Å². The van der Waals surface area contributed by atoms with E-state index < -0.39 is 11.7 Å². The zero-order chi connectivity index (χ0) is 18.7. The third-order valence-electron chi connectivity index (χ3n) is 4.35. The molecule has 4 rings (SSSR count). The van der Waals surface area contributed by atoms with Crippen LogP contribution in [0.3, 0.4) is 0 Å². The fourth-order valence-corrected chi connectivity index (χ4v) is 3.04. The molecule has 2 aromatic carbocycles. The Bertz CT molecular complexity index is 1130. The SMILES string of the molecule is N#CC(OC(=O)c1ccccc1)(c1ccccc1)n1ccc2cccnc21. The quantitative estimate of drug-likeness (QED) is 0.518. The Kier molecular flexibility index (Phi) is 4.15. The molecule has 0 aliphatic heterocycles. The van der Waals surface area contributed by atoms with Crippen LogP contribution in [-0.4, -0.2) is 15.5 Å². The van der Waals surface area contributed by atoms with Crippen molar-refractivity contribution in [3.63, 3.8) is 0 Å². The molecule has 130 valence electrons. The van der Waals surface area contributed by atoms with Crippen molar-refractivity contribution in [3.8, 4) is 6.07 Å². The van der Waals surface area contributed by atoms with Crippen molar-refractivity contribution in [1.82, 2.24) is 9.55 Å². The molecular formula is C22H15N3O2. The highest BCUT2D eigenvalue weighted by molar-refractivity contribution is 5.90. The molecule has 5 heteroatoms. The van der Waals surface area contributed by atoms with Gasteiger partial charge in [-0.05, 0) is 30.3 Å². The predicted molar refractivity (Wildman–Crippen MR) is 101 cm³/mol. The van der Waals surface area contributed by atoms with Crippen LogP contribution in [-0.2, 0) is 10.5 Å². The number of nitriles is 1. The summed E-state index contributed by atoms with van der Waals surface area (Å²) in [5, 5.41) is 11.0. The second kappa shape index (κ2) is 6.77. The predicted octanol–water partition coefficient (Wildman–Crippen LogP) is 4.12. The zero-order valence-corrected chi connectivity index (χ0v) is 14.3. The molecule has 0 saturated heterocycles. The largest absolute Gasteiger partial charge is 0.416 e. The summed E-state index contributed by atoms with van der Waals surface area (Å²) in [6.07, 6.45) is 3.36. The Morgan fingerprint density at radius 3 is 2.37 bits per heavy atom. The molecule has 2 aromatic heterocycles. The van der Waals surface area contributed by atoms with Gasteiger partial charge in [-0.15, -0.1) is 0 Å². The van der Waals surface area contributed by atoms with Gasteiger partial charge in [-0.25, -0.2) is 9.78 Å². The van der Waals surface area contributed by atoms with Crippen LogP contribution in [0.25, 0.3) is 11.0 Å². The maximum Gasteiger partial charge on any atom is 0.341 e. The first-order chi connectivity index (χ1) is 13.2. The van der Waals surface area contributed by atoms with E-state index in [1.54, 1.807) is 65.5 Å². The molecule has 0 amide bonds. The zero-order valence-electron chi connectivity index (χ0n) is 14.3. The molecule has 0 radical (unpaired) electrons. The van der Waals surface area contributed by atoms with E-state index >= 15 is 0 Å². The van der Waals surface area contributed by atoms with Crippen molar-refractivity contribution in [2.75, 3.05) is 0 Å². The minimum Gasteiger partial charge on any atom is -0.416 e. The lowest BCUT2D eigenvalue weighted by Crippen LogP contribution is -2.38. The average Bonchev–Trinajstić information content (AvgIpc) is 3.18. The second-order valence-corrected chi connectivity index (χ2v) is 5.98. The fraction of sp³-hybridized carbons (Fsp3) is 0.0455. The summed E-state index contributed by atoms with van der Waals surface area (Å²) < 4.78 is 7.43. The molecule has 0 aliphatic carbocycles. The molecule has 0 spiro atoms. The smallest absolute Gasteiger partial charge is 0.341 e. The molecule has 0 N–H and O–H groups in total. The number of aromatic nitrogens is 2. The van der Waals surface area contributed by atoms with E-state index in [0.29, 0.717) is 16.8 Å². The van der Waals surface area contributed by atoms with Crippen LogP contribution >= 0.6 is 0 Å². The molecular weight excluding hydrogens is 338 g/mol. The number of carbonyl (C=O) groups excluding carboxylic acids is 1. The van der Waals surface area contributed by atoms with E-state index in [2.05, 4.69) is 11.1 Å². The Morgan fingerprint density at radius 2 is 1.67 bits per heavy atom. The summed E-state index contributed by atoms with van der Waals surface area (Å²) in [5.74, 6) is -0.584. The van der Waals surface area contributed by atoms with Gasteiger partial charge in [0.05, 0.1) is 5.56 Å². The van der Waals surface area contributed by atoms with E-state index in [1.165, 1.54) is 0 Å². The number of rotatable bonds is 4. The normalized spacial score (nSPS) is 12.9. The van der Waals surface area contributed by atoms with Crippen molar-refractivity contribution in [1.29, 1.82) is 5.26 Å². The monoisotopic (exact) mass is 353 g/mol.